The van der Waals surface area contributed by atoms with Crippen molar-refractivity contribution in [2.45, 2.75) is 18.2 Å². The number of aromatic nitrogens is 2. The zero-order chi connectivity index (χ0) is 21.0. The predicted octanol–water partition coefficient (Wildman–Crippen LogP) is 3.06. The van der Waals surface area contributed by atoms with Crippen molar-refractivity contribution in [2.24, 2.45) is 0 Å². The standard InChI is InChI=1S/C17H15N5O5S2/c1-2-15-19-20-17(28-15)18-16(23)13-5-3-4-6-14(13)21-29(26,27)12-9-7-11(8-10-12)22(24)25/h3-10,21H,2H2,1H3,(H,18,20,23). The van der Waals surface area contributed by atoms with Gasteiger partial charge in [-0.2, -0.15) is 0 Å². The number of carbonyl (C=O) groups is 1. The van der Waals surface area contributed by atoms with Gasteiger partial charge in [0.15, 0.2) is 0 Å². The number of hydrogen-bond donors (Lipinski definition) is 2. The van der Waals surface area contributed by atoms with E-state index in [1.165, 1.54) is 23.5 Å². The number of nitro groups is 1. The average molecular weight is 433 g/mol. The van der Waals surface area contributed by atoms with Crippen LogP contribution in [0.1, 0.15) is 22.3 Å². The van der Waals surface area contributed by atoms with Gasteiger partial charge in [0.05, 0.1) is 21.1 Å². The van der Waals surface area contributed by atoms with E-state index >= 15 is 0 Å². The molecule has 0 saturated carbocycles. The molecule has 150 valence electrons. The highest BCUT2D eigenvalue weighted by atomic mass is 32.2. The van der Waals surface area contributed by atoms with Crippen molar-refractivity contribution >= 4 is 43.8 Å². The van der Waals surface area contributed by atoms with Crippen LogP contribution in [0.15, 0.2) is 53.4 Å². The molecule has 0 bridgehead atoms. The van der Waals surface area contributed by atoms with E-state index in [-0.39, 0.29) is 21.8 Å². The summed E-state index contributed by atoms with van der Waals surface area (Å²) in [5.41, 5.74) is -0.0814. The normalized spacial score (nSPS) is 11.1. The number of non-ortho nitro benzene ring substituents is 1. The summed E-state index contributed by atoms with van der Waals surface area (Å²) in [6, 6.07) is 10.5. The first-order valence-electron chi connectivity index (χ1n) is 8.30. The first kappa shape index (κ1) is 20.4. The van der Waals surface area contributed by atoms with Gasteiger partial charge in [-0.1, -0.05) is 30.4 Å². The summed E-state index contributed by atoms with van der Waals surface area (Å²) >= 11 is 1.23. The third-order valence-electron chi connectivity index (χ3n) is 3.76. The molecule has 12 heteroatoms. The molecule has 0 saturated heterocycles. The summed E-state index contributed by atoms with van der Waals surface area (Å²) in [4.78, 5) is 22.5. The van der Waals surface area contributed by atoms with Crippen molar-refractivity contribution < 1.29 is 18.1 Å². The number of anilines is 2. The minimum Gasteiger partial charge on any atom is -0.296 e. The second-order valence-electron chi connectivity index (χ2n) is 5.71. The Kier molecular flexibility index (Phi) is 5.84. The van der Waals surface area contributed by atoms with E-state index in [1.54, 1.807) is 12.1 Å². The maximum atomic E-state index is 12.6. The van der Waals surface area contributed by atoms with Crippen molar-refractivity contribution in [3.8, 4) is 0 Å². The third-order valence-corrected chi connectivity index (χ3v) is 6.13. The second-order valence-corrected chi connectivity index (χ2v) is 8.46. The molecule has 0 aliphatic heterocycles. The Hall–Kier alpha value is -3.38. The van der Waals surface area contributed by atoms with Crippen LogP contribution >= 0.6 is 11.3 Å². The van der Waals surface area contributed by atoms with Crippen LogP contribution in [0.25, 0.3) is 0 Å². The van der Waals surface area contributed by atoms with E-state index in [1.807, 2.05) is 6.92 Å². The van der Waals surface area contributed by atoms with Gasteiger partial charge in [-0.25, -0.2) is 8.42 Å². The summed E-state index contributed by atoms with van der Waals surface area (Å²) in [6.45, 7) is 1.91. The van der Waals surface area contributed by atoms with Crippen LogP contribution in [-0.4, -0.2) is 29.4 Å². The number of benzene rings is 2. The minimum absolute atomic E-state index is 0.0589. The molecule has 10 nitrogen and oxygen atoms in total. The third kappa shape index (κ3) is 4.73. The van der Waals surface area contributed by atoms with Crippen molar-refractivity contribution in [1.29, 1.82) is 0 Å². The molecule has 0 fully saturated rings. The molecular formula is C17H15N5O5S2. The second kappa shape index (κ2) is 8.32. The van der Waals surface area contributed by atoms with Gasteiger partial charge >= 0.3 is 0 Å². The lowest BCUT2D eigenvalue weighted by Gasteiger charge is -2.12. The number of nitro benzene ring substituents is 1. The molecule has 2 N–H and O–H groups in total. The summed E-state index contributed by atoms with van der Waals surface area (Å²) in [5, 5.41) is 22.2. The number of nitrogens with zero attached hydrogens (tertiary/aromatic N) is 3. The zero-order valence-corrected chi connectivity index (χ0v) is 16.7. The molecule has 1 amide bonds. The van der Waals surface area contributed by atoms with E-state index in [9.17, 15) is 23.3 Å². The van der Waals surface area contributed by atoms with E-state index in [0.29, 0.717) is 11.6 Å². The van der Waals surface area contributed by atoms with Crippen molar-refractivity contribution in [3.05, 3.63) is 69.2 Å². The van der Waals surface area contributed by atoms with Gasteiger partial charge in [-0.05, 0) is 30.7 Å². The highest BCUT2D eigenvalue weighted by Gasteiger charge is 2.20. The number of rotatable bonds is 7. The topological polar surface area (TPSA) is 144 Å². The molecule has 3 rings (SSSR count). The van der Waals surface area contributed by atoms with Crippen molar-refractivity contribution in [2.75, 3.05) is 10.0 Å². The zero-order valence-electron chi connectivity index (χ0n) is 15.0. The molecule has 3 aromatic rings. The number of hydrogen-bond acceptors (Lipinski definition) is 8. The summed E-state index contributed by atoms with van der Waals surface area (Å²) in [6.07, 6.45) is 0.680. The van der Waals surface area contributed by atoms with Crippen LogP contribution in [0.5, 0.6) is 0 Å². The van der Waals surface area contributed by atoms with Gasteiger partial charge in [0.2, 0.25) is 5.13 Å². The van der Waals surface area contributed by atoms with Crippen molar-refractivity contribution in [1.82, 2.24) is 10.2 Å². The molecule has 0 aliphatic rings. The Labute approximate surface area is 169 Å². The lowest BCUT2D eigenvalue weighted by Crippen LogP contribution is -2.18. The number of carbonyl (C=O) groups excluding carboxylic acids is 1. The number of para-hydroxylation sites is 1. The average Bonchev–Trinajstić information content (AvgIpc) is 3.15. The molecule has 2 aromatic carbocycles. The van der Waals surface area contributed by atoms with Gasteiger partial charge < -0.3 is 0 Å². The number of sulfonamides is 1. The minimum atomic E-state index is -4.06. The van der Waals surface area contributed by atoms with Crippen LogP contribution in [0.2, 0.25) is 0 Å². The summed E-state index contributed by atoms with van der Waals surface area (Å²) in [7, 11) is -4.06. The Morgan fingerprint density at radius 1 is 1.14 bits per heavy atom. The SMILES string of the molecule is CCc1nnc(NC(=O)c2ccccc2NS(=O)(=O)c2ccc([N+](=O)[O-])cc2)s1. The number of aryl methyl sites for hydroxylation is 1. The van der Waals surface area contributed by atoms with Crippen LogP contribution in [-0.2, 0) is 16.4 Å². The summed E-state index contributed by atoms with van der Waals surface area (Å²) < 4.78 is 27.6. The maximum Gasteiger partial charge on any atom is 0.269 e. The molecule has 0 aliphatic carbocycles. The quantitative estimate of drug-likeness (QED) is 0.430. The Morgan fingerprint density at radius 2 is 1.83 bits per heavy atom. The molecule has 1 aromatic heterocycles. The number of amides is 1. The van der Waals surface area contributed by atoms with E-state index in [4.69, 9.17) is 0 Å². The van der Waals surface area contributed by atoms with Gasteiger partial charge in [-0.15, -0.1) is 10.2 Å². The Balaban J connectivity index is 1.84. The molecule has 0 atom stereocenters. The largest absolute Gasteiger partial charge is 0.296 e. The lowest BCUT2D eigenvalue weighted by atomic mass is 10.2. The fourth-order valence-electron chi connectivity index (χ4n) is 2.33. The maximum absolute atomic E-state index is 12.6. The Bertz CT molecular complexity index is 1160. The molecule has 1 heterocycles. The van der Waals surface area contributed by atoms with Gasteiger partial charge in [0.1, 0.15) is 5.01 Å². The first-order valence-corrected chi connectivity index (χ1v) is 10.6. The van der Waals surface area contributed by atoms with Crippen LogP contribution in [0.3, 0.4) is 0 Å². The summed E-state index contributed by atoms with van der Waals surface area (Å²) in [5.74, 6) is -0.550. The van der Waals surface area contributed by atoms with E-state index in [2.05, 4.69) is 20.2 Å². The van der Waals surface area contributed by atoms with E-state index in [0.717, 1.165) is 29.3 Å². The van der Waals surface area contributed by atoms with Crippen LogP contribution < -0.4 is 10.0 Å². The van der Waals surface area contributed by atoms with Gasteiger partial charge in [-0.3, -0.25) is 24.9 Å². The molecule has 29 heavy (non-hydrogen) atoms. The predicted molar refractivity (Wildman–Crippen MR) is 108 cm³/mol. The molecular weight excluding hydrogens is 418 g/mol. The smallest absolute Gasteiger partial charge is 0.269 e. The fraction of sp³-hybridized carbons (Fsp3) is 0.118. The first-order chi connectivity index (χ1) is 13.8. The lowest BCUT2D eigenvalue weighted by molar-refractivity contribution is -0.384. The highest BCUT2D eigenvalue weighted by Crippen LogP contribution is 2.23. The Morgan fingerprint density at radius 3 is 2.45 bits per heavy atom. The molecule has 0 radical (unpaired) electrons. The fourth-order valence-corrected chi connectivity index (χ4v) is 4.09. The van der Waals surface area contributed by atoms with Crippen LogP contribution in [0.4, 0.5) is 16.5 Å². The monoisotopic (exact) mass is 433 g/mol. The highest BCUT2D eigenvalue weighted by molar-refractivity contribution is 7.92. The molecule has 0 spiro atoms. The van der Waals surface area contributed by atoms with Crippen LogP contribution in [0, 0.1) is 10.1 Å². The number of nitrogens with one attached hydrogen (secondary N) is 2. The van der Waals surface area contributed by atoms with Gasteiger partial charge in [0.25, 0.3) is 21.6 Å². The van der Waals surface area contributed by atoms with Gasteiger partial charge in [0, 0.05) is 12.1 Å². The van der Waals surface area contributed by atoms with Crippen molar-refractivity contribution in [3.63, 3.8) is 0 Å². The van der Waals surface area contributed by atoms with E-state index < -0.39 is 20.9 Å². The molecule has 0 unspecified atom stereocenters.